The van der Waals surface area contributed by atoms with Gasteiger partial charge in [0.15, 0.2) is 5.96 Å². The first-order chi connectivity index (χ1) is 7.06. The SMILES string of the molecule is CCNC(=NCCCC(C)C)NC(C)C.I. The van der Waals surface area contributed by atoms with Crippen molar-refractivity contribution in [3.8, 4) is 0 Å². The van der Waals surface area contributed by atoms with Gasteiger partial charge in [0.1, 0.15) is 0 Å². The lowest BCUT2D eigenvalue weighted by molar-refractivity contribution is 0.560. The summed E-state index contributed by atoms with van der Waals surface area (Å²) in [6, 6.07) is 0.438. The molecule has 0 bridgehead atoms. The quantitative estimate of drug-likeness (QED) is 0.337. The molecular formula is C12H28IN3. The molecule has 2 N–H and O–H groups in total. The fourth-order valence-electron chi connectivity index (χ4n) is 1.28. The molecule has 0 atom stereocenters. The summed E-state index contributed by atoms with van der Waals surface area (Å²) in [7, 11) is 0. The Morgan fingerprint density at radius 3 is 2.25 bits per heavy atom. The molecule has 3 nitrogen and oxygen atoms in total. The van der Waals surface area contributed by atoms with Crippen molar-refractivity contribution < 1.29 is 0 Å². The minimum atomic E-state index is 0. The van der Waals surface area contributed by atoms with Crippen LogP contribution in [0.1, 0.15) is 47.5 Å². The molecule has 16 heavy (non-hydrogen) atoms. The van der Waals surface area contributed by atoms with Crippen LogP contribution in [-0.2, 0) is 0 Å². The lowest BCUT2D eigenvalue weighted by Gasteiger charge is -2.14. The van der Waals surface area contributed by atoms with Crippen LogP contribution in [0, 0.1) is 5.92 Å². The Morgan fingerprint density at radius 1 is 1.19 bits per heavy atom. The molecule has 0 unspecified atom stereocenters. The Bertz CT molecular complexity index is 179. The topological polar surface area (TPSA) is 36.4 Å². The maximum absolute atomic E-state index is 4.52. The fourth-order valence-corrected chi connectivity index (χ4v) is 1.28. The van der Waals surface area contributed by atoms with Gasteiger partial charge < -0.3 is 10.6 Å². The first-order valence-electron chi connectivity index (χ1n) is 6.11. The summed E-state index contributed by atoms with van der Waals surface area (Å²) in [4.78, 5) is 4.52. The van der Waals surface area contributed by atoms with E-state index in [-0.39, 0.29) is 24.0 Å². The van der Waals surface area contributed by atoms with Crippen molar-refractivity contribution in [2.24, 2.45) is 10.9 Å². The summed E-state index contributed by atoms with van der Waals surface area (Å²) in [5, 5.41) is 6.55. The minimum Gasteiger partial charge on any atom is -0.357 e. The zero-order valence-electron chi connectivity index (χ0n) is 11.3. The molecule has 0 amide bonds. The molecule has 0 aliphatic heterocycles. The van der Waals surface area contributed by atoms with Crippen molar-refractivity contribution in [1.29, 1.82) is 0 Å². The molecule has 0 fully saturated rings. The number of halogens is 1. The summed E-state index contributed by atoms with van der Waals surface area (Å²) < 4.78 is 0. The van der Waals surface area contributed by atoms with Crippen LogP contribution in [0.5, 0.6) is 0 Å². The summed E-state index contributed by atoms with van der Waals surface area (Å²) >= 11 is 0. The van der Waals surface area contributed by atoms with E-state index in [4.69, 9.17) is 0 Å². The highest BCUT2D eigenvalue weighted by Crippen LogP contribution is 2.02. The highest BCUT2D eigenvalue weighted by molar-refractivity contribution is 14.0. The van der Waals surface area contributed by atoms with Gasteiger partial charge in [-0.3, -0.25) is 4.99 Å². The standard InChI is InChI=1S/C12H27N3.HI/c1-6-13-12(15-11(4)5)14-9-7-8-10(2)3;/h10-11H,6-9H2,1-5H3,(H2,13,14,15);1H. The van der Waals surface area contributed by atoms with E-state index in [0.717, 1.165) is 25.0 Å². The van der Waals surface area contributed by atoms with Crippen molar-refractivity contribution in [3.63, 3.8) is 0 Å². The molecule has 0 aliphatic carbocycles. The Hall–Kier alpha value is 0. The van der Waals surface area contributed by atoms with Gasteiger partial charge in [-0.2, -0.15) is 0 Å². The van der Waals surface area contributed by atoms with Crippen molar-refractivity contribution in [2.75, 3.05) is 13.1 Å². The average Bonchev–Trinajstić information content (AvgIpc) is 2.11. The van der Waals surface area contributed by atoms with Crippen LogP contribution in [0.25, 0.3) is 0 Å². The highest BCUT2D eigenvalue weighted by atomic mass is 127. The van der Waals surface area contributed by atoms with E-state index in [0.29, 0.717) is 6.04 Å². The lowest BCUT2D eigenvalue weighted by atomic mass is 10.1. The number of guanidine groups is 1. The van der Waals surface area contributed by atoms with E-state index in [1.807, 2.05) is 0 Å². The van der Waals surface area contributed by atoms with Gasteiger partial charge in [-0.1, -0.05) is 13.8 Å². The molecule has 0 rings (SSSR count). The summed E-state index contributed by atoms with van der Waals surface area (Å²) in [6.45, 7) is 12.7. The van der Waals surface area contributed by atoms with Crippen LogP contribution >= 0.6 is 24.0 Å². The predicted molar refractivity (Wildman–Crippen MR) is 83.7 cm³/mol. The van der Waals surface area contributed by atoms with Crippen molar-refractivity contribution in [1.82, 2.24) is 10.6 Å². The largest absolute Gasteiger partial charge is 0.357 e. The number of hydrogen-bond donors (Lipinski definition) is 2. The van der Waals surface area contributed by atoms with Crippen LogP contribution in [0.15, 0.2) is 4.99 Å². The molecule has 0 aromatic heterocycles. The second-order valence-corrected chi connectivity index (χ2v) is 4.60. The molecule has 0 aliphatic rings. The van der Waals surface area contributed by atoms with E-state index in [9.17, 15) is 0 Å². The van der Waals surface area contributed by atoms with Crippen LogP contribution in [0.3, 0.4) is 0 Å². The van der Waals surface area contributed by atoms with E-state index < -0.39 is 0 Å². The van der Waals surface area contributed by atoms with Gasteiger partial charge in [-0.25, -0.2) is 0 Å². The number of aliphatic imine (C=N–C) groups is 1. The van der Waals surface area contributed by atoms with Gasteiger partial charge in [-0.15, -0.1) is 24.0 Å². The number of nitrogens with zero attached hydrogens (tertiary/aromatic N) is 1. The van der Waals surface area contributed by atoms with Gasteiger partial charge in [0.2, 0.25) is 0 Å². The molecule has 0 aromatic carbocycles. The van der Waals surface area contributed by atoms with Gasteiger partial charge in [0.05, 0.1) is 0 Å². The van der Waals surface area contributed by atoms with E-state index >= 15 is 0 Å². The van der Waals surface area contributed by atoms with Crippen molar-refractivity contribution in [3.05, 3.63) is 0 Å². The third-order valence-electron chi connectivity index (χ3n) is 1.98. The van der Waals surface area contributed by atoms with Crippen LogP contribution in [0.2, 0.25) is 0 Å². The van der Waals surface area contributed by atoms with Gasteiger partial charge >= 0.3 is 0 Å². The van der Waals surface area contributed by atoms with Crippen LogP contribution < -0.4 is 10.6 Å². The summed E-state index contributed by atoms with van der Waals surface area (Å²) in [5.41, 5.74) is 0. The molecular weight excluding hydrogens is 313 g/mol. The Morgan fingerprint density at radius 2 is 1.81 bits per heavy atom. The van der Waals surface area contributed by atoms with E-state index in [1.165, 1.54) is 12.8 Å². The smallest absolute Gasteiger partial charge is 0.191 e. The zero-order valence-corrected chi connectivity index (χ0v) is 13.7. The molecule has 0 heterocycles. The van der Waals surface area contributed by atoms with Crippen LogP contribution in [0.4, 0.5) is 0 Å². The molecule has 0 radical (unpaired) electrons. The molecule has 98 valence electrons. The molecule has 0 spiro atoms. The van der Waals surface area contributed by atoms with Crippen LogP contribution in [-0.4, -0.2) is 25.1 Å². The first-order valence-corrected chi connectivity index (χ1v) is 6.11. The Kier molecular flexibility index (Phi) is 13.2. The second-order valence-electron chi connectivity index (χ2n) is 4.60. The van der Waals surface area contributed by atoms with Gasteiger partial charge in [0.25, 0.3) is 0 Å². The monoisotopic (exact) mass is 341 g/mol. The van der Waals surface area contributed by atoms with E-state index in [1.54, 1.807) is 0 Å². The average molecular weight is 341 g/mol. The maximum Gasteiger partial charge on any atom is 0.191 e. The fraction of sp³-hybridized carbons (Fsp3) is 0.917. The predicted octanol–water partition coefficient (Wildman–Crippen LogP) is 3.00. The number of nitrogens with one attached hydrogen (secondary N) is 2. The minimum absolute atomic E-state index is 0. The Labute approximate surface area is 118 Å². The third kappa shape index (κ3) is 12.1. The maximum atomic E-state index is 4.52. The Balaban J connectivity index is 0. The summed E-state index contributed by atoms with van der Waals surface area (Å²) in [5.74, 6) is 1.72. The van der Waals surface area contributed by atoms with Crippen molar-refractivity contribution >= 4 is 29.9 Å². The lowest BCUT2D eigenvalue weighted by Crippen LogP contribution is -2.41. The second kappa shape index (κ2) is 11.5. The molecule has 0 saturated heterocycles. The number of rotatable bonds is 6. The summed E-state index contributed by atoms with van der Waals surface area (Å²) in [6.07, 6.45) is 2.43. The third-order valence-corrected chi connectivity index (χ3v) is 1.98. The first kappa shape index (κ1) is 18.4. The molecule has 0 saturated carbocycles. The number of hydrogen-bond acceptors (Lipinski definition) is 1. The van der Waals surface area contributed by atoms with Gasteiger partial charge in [-0.05, 0) is 39.5 Å². The van der Waals surface area contributed by atoms with Gasteiger partial charge in [0, 0.05) is 19.1 Å². The molecule has 0 aromatic rings. The zero-order chi connectivity index (χ0) is 11.7. The normalized spacial score (nSPS) is 11.6. The van der Waals surface area contributed by atoms with E-state index in [2.05, 4.69) is 50.2 Å². The molecule has 4 heteroatoms. The highest BCUT2D eigenvalue weighted by Gasteiger charge is 1.99. The van der Waals surface area contributed by atoms with Crippen molar-refractivity contribution in [2.45, 2.75) is 53.5 Å².